The lowest BCUT2D eigenvalue weighted by atomic mass is 10.3. The standard InChI is InChI=1S/C12H16ClN3O.ClH/c13-10-3-1-2-4-11(10)15-12(17)8-16-6-5-9(14)7-16;/h1-4,9H,5-8,14H2,(H,15,17);1H. The molecule has 0 bridgehead atoms. The van der Waals surface area contributed by atoms with E-state index in [0.717, 1.165) is 19.5 Å². The molecule has 100 valence electrons. The highest BCUT2D eigenvalue weighted by molar-refractivity contribution is 6.33. The summed E-state index contributed by atoms with van der Waals surface area (Å²) in [6.07, 6.45) is 0.958. The molecule has 1 atom stereocenters. The van der Waals surface area contributed by atoms with Gasteiger partial charge in [-0.1, -0.05) is 23.7 Å². The first kappa shape index (κ1) is 15.2. The molecular weight excluding hydrogens is 273 g/mol. The van der Waals surface area contributed by atoms with E-state index >= 15 is 0 Å². The second kappa shape index (κ2) is 6.95. The van der Waals surface area contributed by atoms with Crippen molar-refractivity contribution >= 4 is 35.6 Å². The molecule has 0 saturated carbocycles. The molecule has 1 aliphatic heterocycles. The van der Waals surface area contributed by atoms with Crippen LogP contribution in [-0.4, -0.2) is 36.5 Å². The number of amides is 1. The van der Waals surface area contributed by atoms with Crippen LogP contribution in [0.3, 0.4) is 0 Å². The van der Waals surface area contributed by atoms with Crippen LogP contribution in [0.5, 0.6) is 0 Å². The Balaban J connectivity index is 0.00000162. The molecule has 1 heterocycles. The Kier molecular flexibility index (Phi) is 5.88. The van der Waals surface area contributed by atoms with Gasteiger partial charge in [0.2, 0.25) is 5.91 Å². The van der Waals surface area contributed by atoms with Gasteiger partial charge in [0.15, 0.2) is 0 Å². The number of carbonyl (C=O) groups excluding carboxylic acids is 1. The maximum absolute atomic E-state index is 11.8. The molecule has 6 heteroatoms. The summed E-state index contributed by atoms with van der Waals surface area (Å²) in [6, 6.07) is 7.41. The fraction of sp³-hybridized carbons (Fsp3) is 0.417. The monoisotopic (exact) mass is 289 g/mol. The number of nitrogens with two attached hydrogens (primary N) is 1. The summed E-state index contributed by atoms with van der Waals surface area (Å²) in [5.74, 6) is -0.0489. The lowest BCUT2D eigenvalue weighted by Crippen LogP contribution is -2.33. The zero-order valence-corrected chi connectivity index (χ0v) is 11.5. The van der Waals surface area contributed by atoms with Gasteiger partial charge >= 0.3 is 0 Å². The number of hydrogen-bond acceptors (Lipinski definition) is 3. The number of likely N-dealkylation sites (tertiary alicyclic amines) is 1. The van der Waals surface area contributed by atoms with E-state index in [0.29, 0.717) is 17.3 Å². The fourth-order valence-electron chi connectivity index (χ4n) is 1.96. The lowest BCUT2D eigenvalue weighted by Gasteiger charge is -2.15. The van der Waals surface area contributed by atoms with E-state index in [2.05, 4.69) is 10.2 Å². The molecule has 1 aromatic carbocycles. The Morgan fingerprint density at radius 1 is 1.50 bits per heavy atom. The summed E-state index contributed by atoms with van der Waals surface area (Å²) in [7, 11) is 0. The second-order valence-corrected chi connectivity index (χ2v) is 4.72. The molecule has 0 radical (unpaired) electrons. The highest BCUT2D eigenvalue weighted by Gasteiger charge is 2.21. The van der Waals surface area contributed by atoms with E-state index in [9.17, 15) is 4.79 Å². The molecule has 18 heavy (non-hydrogen) atoms. The smallest absolute Gasteiger partial charge is 0.238 e. The number of nitrogens with one attached hydrogen (secondary N) is 1. The molecule has 1 fully saturated rings. The minimum Gasteiger partial charge on any atom is -0.326 e. The Hall–Kier alpha value is -0.810. The van der Waals surface area contributed by atoms with Crippen LogP contribution in [0.15, 0.2) is 24.3 Å². The number of rotatable bonds is 3. The van der Waals surface area contributed by atoms with Crippen LogP contribution >= 0.6 is 24.0 Å². The number of anilines is 1. The largest absolute Gasteiger partial charge is 0.326 e. The van der Waals surface area contributed by atoms with Crippen molar-refractivity contribution in [2.75, 3.05) is 25.0 Å². The van der Waals surface area contributed by atoms with Gasteiger partial charge in [-0.2, -0.15) is 0 Å². The third-order valence-corrected chi connectivity index (χ3v) is 3.15. The molecule has 1 aliphatic rings. The lowest BCUT2D eigenvalue weighted by molar-refractivity contribution is -0.117. The zero-order valence-electron chi connectivity index (χ0n) is 9.93. The Morgan fingerprint density at radius 2 is 2.22 bits per heavy atom. The van der Waals surface area contributed by atoms with Gasteiger partial charge in [-0.3, -0.25) is 9.69 Å². The first-order chi connectivity index (χ1) is 8.15. The van der Waals surface area contributed by atoms with Crippen LogP contribution in [0, 0.1) is 0 Å². The number of para-hydroxylation sites is 1. The number of benzene rings is 1. The number of nitrogens with zero attached hydrogens (tertiary/aromatic N) is 1. The quantitative estimate of drug-likeness (QED) is 0.891. The second-order valence-electron chi connectivity index (χ2n) is 4.31. The first-order valence-electron chi connectivity index (χ1n) is 5.67. The minimum absolute atomic E-state index is 0. The summed E-state index contributed by atoms with van der Waals surface area (Å²) in [4.78, 5) is 13.8. The SMILES string of the molecule is Cl.NC1CCN(CC(=O)Nc2ccccc2Cl)C1. The summed E-state index contributed by atoms with van der Waals surface area (Å²) in [5, 5.41) is 3.35. The van der Waals surface area contributed by atoms with Crippen molar-refractivity contribution in [3.63, 3.8) is 0 Å². The van der Waals surface area contributed by atoms with Gasteiger partial charge in [0.1, 0.15) is 0 Å². The van der Waals surface area contributed by atoms with Gasteiger partial charge in [0, 0.05) is 19.1 Å². The third kappa shape index (κ3) is 4.14. The predicted octanol–water partition coefficient (Wildman–Crippen LogP) is 1.73. The van der Waals surface area contributed by atoms with E-state index in [-0.39, 0.29) is 24.4 Å². The van der Waals surface area contributed by atoms with Crippen molar-refractivity contribution in [2.24, 2.45) is 5.73 Å². The molecule has 0 aromatic heterocycles. The highest BCUT2D eigenvalue weighted by Crippen LogP contribution is 2.20. The maximum Gasteiger partial charge on any atom is 0.238 e. The Labute approximate surface area is 118 Å². The van der Waals surface area contributed by atoms with Crippen molar-refractivity contribution in [1.82, 2.24) is 4.90 Å². The molecule has 1 unspecified atom stereocenters. The Morgan fingerprint density at radius 3 is 2.83 bits per heavy atom. The van der Waals surface area contributed by atoms with E-state index < -0.39 is 0 Å². The van der Waals surface area contributed by atoms with E-state index in [1.165, 1.54) is 0 Å². The highest BCUT2D eigenvalue weighted by atomic mass is 35.5. The molecular formula is C12H17Cl2N3O. The van der Waals surface area contributed by atoms with Gasteiger partial charge in [-0.25, -0.2) is 0 Å². The molecule has 0 aliphatic carbocycles. The van der Waals surface area contributed by atoms with Gasteiger partial charge in [0.05, 0.1) is 17.3 Å². The van der Waals surface area contributed by atoms with E-state index in [1.54, 1.807) is 12.1 Å². The molecule has 1 amide bonds. The summed E-state index contributed by atoms with van der Waals surface area (Å²) in [6.45, 7) is 2.05. The van der Waals surface area contributed by atoms with Crippen molar-refractivity contribution < 1.29 is 4.79 Å². The first-order valence-corrected chi connectivity index (χ1v) is 6.05. The maximum atomic E-state index is 11.8. The van der Waals surface area contributed by atoms with Crippen molar-refractivity contribution in [3.8, 4) is 0 Å². The summed E-state index contributed by atoms with van der Waals surface area (Å²) in [5.41, 5.74) is 6.44. The summed E-state index contributed by atoms with van der Waals surface area (Å²) >= 11 is 5.96. The number of hydrogen-bond donors (Lipinski definition) is 2. The molecule has 2 rings (SSSR count). The van der Waals surface area contributed by atoms with Gasteiger partial charge < -0.3 is 11.1 Å². The molecule has 1 saturated heterocycles. The van der Waals surface area contributed by atoms with Crippen LogP contribution in [0.2, 0.25) is 5.02 Å². The minimum atomic E-state index is -0.0489. The van der Waals surface area contributed by atoms with Gasteiger partial charge in [-0.15, -0.1) is 12.4 Å². The average molecular weight is 290 g/mol. The van der Waals surface area contributed by atoms with E-state index in [1.807, 2.05) is 12.1 Å². The summed E-state index contributed by atoms with van der Waals surface area (Å²) < 4.78 is 0. The topological polar surface area (TPSA) is 58.4 Å². The molecule has 0 spiro atoms. The van der Waals surface area contributed by atoms with Crippen LogP contribution in [0.4, 0.5) is 5.69 Å². The fourth-order valence-corrected chi connectivity index (χ4v) is 2.14. The van der Waals surface area contributed by atoms with Crippen LogP contribution in [0.25, 0.3) is 0 Å². The molecule has 3 N–H and O–H groups in total. The Bertz CT molecular complexity index is 414. The number of halogens is 2. The zero-order chi connectivity index (χ0) is 12.3. The van der Waals surface area contributed by atoms with Crippen LogP contribution in [0.1, 0.15) is 6.42 Å². The van der Waals surface area contributed by atoms with Crippen molar-refractivity contribution in [3.05, 3.63) is 29.3 Å². The average Bonchev–Trinajstić information content (AvgIpc) is 2.67. The van der Waals surface area contributed by atoms with Crippen molar-refractivity contribution in [2.45, 2.75) is 12.5 Å². The number of carbonyl (C=O) groups is 1. The van der Waals surface area contributed by atoms with Crippen LogP contribution < -0.4 is 11.1 Å². The van der Waals surface area contributed by atoms with Gasteiger partial charge in [-0.05, 0) is 18.6 Å². The van der Waals surface area contributed by atoms with Crippen LogP contribution in [-0.2, 0) is 4.79 Å². The van der Waals surface area contributed by atoms with Crippen molar-refractivity contribution in [1.29, 1.82) is 0 Å². The third-order valence-electron chi connectivity index (χ3n) is 2.82. The molecule has 1 aromatic rings. The van der Waals surface area contributed by atoms with Gasteiger partial charge in [0.25, 0.3) is 0 Å². The molecule has 4 nitrogen and oxygen atoms in total. The van der Waals surface area contributed by atoms with E-state index in [4.69, 9.17) is 17.3 Å². The normalized spacial score (nSPS) is 19.3. The predicted molar refractivity (Wildman–Crippen MR) is 76.4 cm³/mol.